The van der Waals surface area contributed by atoms with Crippen LogP contribution in [0.4, 0.5) is 5.00 Å². The van der Waals surface area contributed by atoms with Gasteiger partial charge in [-0.15, -0.1) is 11.3 Å². The fourth-order valence-corrected chi connectivity index (χ4v) is 3.60. The molecule has 1 aromatic heterocycles. The molecule has 1 atom stereocenters. The molecule has 152 valence electrons. The van der Waals surface area contributed by atoms with Crippen LogP contribution in [0.2, 0.25) is 0 Å². The Kier molecular flexibility index (Phi) is 9.13. The molecule has 6 nitrogen and oxygen atoms in total. The van der Waals surface area contributed by atoms with Crippen molar-refractivity contribution in [1.29, 1.82) is 0 Å². The number of amides is 1. The van der Waals surface area contributed by atoms with Crippen LogP contribution < -0.4 is 10.6 Å². The van der Waals surface area contributed by atoms with Gasteiger partial charge >= 0.3 is 5.97 Å². The molecule has 1 aromatic carbocycles. The number of anilines is 1. The number of ether oxygens (including phenoxy) is 2. The van der Waals surface area contributed by atoms with Gasteiger partial charge in [-0.25, -0.2) is 4.79 Å². The maximum absolute atomic E-state index is 12.6. The number of hydrogen-bond donors (Lipinski definition) is 2. The van der Waals surface area contributed by atoms with Crippen LogP contribution in [0.5, 0.6) is 0 Å². The number of thiophene rings is 1. The molecular formula is C21H28N2O4S. The Hall–Kier alpha value is -2.22. The highest BCUT2D eigenvalue weighted by Gasteiger charge is 2.24. The summed E-state index contributed by atoms with van der Waals surface area (Å²) in [5.74, 6) is -0.626. The third kappa shape index (κ3) is 6.15. The van der Waals surface area contributed by atoms with Crippen LogP contribution in [0.1, 0.15) is 37.6 Å². The molecule has 2 rings (SSSR count). The van der Waals surface area contributed by atoms with E-state index in [2.05, 4.69) is 10.6 Å². The lowest BCUT2D eigenvalue weighted by Crippen LogP contribution is -2.38. The van der Waals surface area contributed by atoms with Crippen LogP contribution in [0.15, 0.2) is 35.7 Å². The normalized spacial score (nSPS) is 11.8. The van der Waals surface area contributed by atoms with Gasteiger partial charge in [0.1, 0.15) is 10.6 Å². The van der Waals surface area contributed by atoms with Gasteiger partial charge < -0.3 is 20.1 Å². The maximum Gasteiger partial charge on any atom is 0.341 e. The zero-order valence-corrected chi connectivity index (χ0v) is 17.4. The summed E-state index contributed by atoms with van der Waals surface area (Å²) >= 11 is 1.33. The van der Waals surface area contributed by atoms with E-state index in [0.29, 0.717) is 30.3 Å². The molecule has 28 heavy (non-hydrogen) atoms. The highest BCUT2D eigenvalue weighted by atomic mass is 32.1. The first kappa shape index (κ1) is 22.1. The minimum absolute atomic E-state index is 0.191. The van der Waals surface area contributed by atoms with Gasteiger partial charge in [-0.3, -0.25) is 4.79 Å². The zero-order valence-electron chi connectivity index (χ0n) is 16.6. The number of carbonyl (C=O) groups excluding carboxylic acids is 2. The van der Waals surface area contributed by atoms with E-state index in [1.165, 1.54) is 11.3 Å². The predicted octanol–water partition coefficient (Wildman–Crippen LogP) is 3.94. The minimum Gasteiger partial charge on any atom is -0.462 e. The minimum atomic E-state index is -0.435. The van der Waals surface area contributed by atoms with Crippen molar-refractivity contribution in [2.45, 2.75) is 33.2 Å². The van der Waals surface area contributed by atoms with Crippen molar-refractivity contribution in [3.8, 4) is 11.1 Å². The van der Waals surface area contributed by atoms with Gasteiger partial charge in [0.25, 0.3) is 0 Å². The SMILES string of the molecule is CCOCCCN[C@H](C)C(=O)Nc1scc(-c2ccccc2)c1C(=O)OCC. The average Bonchev–Trinajstić information content (AvgIpc) is 3.12. The van der Waals surface area contributed by atoms with Crippen molar-refractivity contribution < 1.29 is 19.1 Å². The molecule has 0 fully saturated rings. The van der Waals surface area contributed by atoms with Gasteiger partial charge in [-0.2, -0.15) is 0 Å². The number of benzene rings is 1. The molecule has 0 saturated heterocycles. The lowest BCUT2D eigenvalue weighted by molar-refractivity contribution is -0.117. The van der Waals surface area contributed by atoms with E-state index in [0.717, 1.165) is 17.5 Å². The topological polar surface area (TPSA) is 76.7 Å². The molecule has 0 aliphatic carbocycles. The van der Waals surface area contributed by atoms with E-state index in [1.807, 2.05) is 42.6 Å². The van der Waals surface area contributed by atoms with Crippen molar-refractivity contribution in [3.63, 3.8) is 0 Å². The third-order valence-corrected chi connectivity index (χ3v) is 5.00. The van der Waals surface area contributed by atoms with Crippen molar-refractivity contribution in [3.05, 3.63) is 41.3 Å². The van der Waals surface area contributed by atoms with Gasteiger partial charge in [-0.1, -0.05) is 30.3 Å². The summed E-state index contributed by atoms with van der Waals surface area (Å²) in [6.45, 7) is 7.82. The van der Waals surface area contributed by atoms with E-state index < -0.39 is 5.97 Å². The van der Waals surface area contributed by atoms with E-state index in [1.54, 1.807) is 13.8 Å². The molecule has 0 radical (unpaired) electrons. The average molecular weight is 405 g/mol. The van der Waals surface area contributed by atoms with Crippen LogP contribution in [0.25, 0.3) is 11.1 Å². The molecule has 0 aliphatic heterocycles. The van der Waals surface area contributed by atoms with Crippen LogP contribution >= 0.6 is 11.3 Å². The Balaban J connectivity index is 2.11. The molecule has 0 unspecified atom stereocenters. The molecule has 2 aromatic rings. The Labute approximate surface area is 170 Å². The molecule has 1 heterocycles. The largest absolute Gasteiger partial charge is 0.462 e. The van der Waals surface area contributed by atoms with Crippen LogP contribution in [0, 0.1) is 0 Å². The van der Waals surface area contributed by atoms with Gasteiger partial charge in [0.2, 0.25) is 5.91 Å². The predicted molar refractivity (Wildman–Crippen MR) is 113 cm³/mol. The summed E-state index contributed by atoms with van der Waals surface area (Å²) < 4.78 is 10.5. The van der Waals surface area contributed by atoms with Gasteiger partial charge in [0.15, 0.2) is 0 Å². The maximum atomic E-state index is 12.6. The Morgan fingerprint density at radius 1 is 1.14 bits per heavy atom. The van der Waals surface area contributed by atoms with Crippen molar-refractivity contribution in [2.24, 2.45) is 0 Å². The molecule has 0 aliphatic rings. The van der Waals surface area contributed by atoms with Crippen LogP contribution in [-0.4, -0.2) is 44.3 Å². The quantitative estimate of drug-likeness (QED) is 0.438. The second-order valence-corrected chi connectivity index (χ2v) is 7.04. The molecule has 2 N–H and O–H groups in total. The van der Waals surface area contributed by atoms with E-state index >= 15 is 0 Å². The van der Waals surface area contributed by atoms with Gasteiger partial charge in [0, 0.05) is 24.2 Å². The van der Waals surface area contributed by atoms with Crippen molar-refractivity contribution in [1.82, 2.24) is 5.32 Å². The first-order chi connectivity index (χ1) is 13.6. The van der Waals surface area contributed by atoms with Gasteiger partial charge in [0.05, 0.1) is 12.6 Å². The summed E-state index contributed by atoms with van der Waals surface area (Å²) in [6, 6.07) is 9.21. The standard InChI is InChI=1S/C21H28N2O4S/c1-4-26-13-9-12-22-15(3)19(24)23-20-18(21(25)27-5-2)17(14-28-20)16-10-7-6-8-11-16/h6-8,10-11,14-15,22H,4-5,9,12-13H2,1-3H3,(H,23,24)/t15-/m1/s1. The highest BCUT2D eigenvalue weighted by molar-refractivity contribution is 7.15. The second kappa shape index (κ2) is 11.6. The number of hydrogen-bond acceptors (Lipinski definition) is 6. The smallest absolute Gasteiger partial charge is 0.341 e. The summed E-state index contributed by atoms with van der Waals surface area (Å²) in [7, 11) is 0. The summed E-state index contributed by atoms with van der Waals surface area (Å²) in [5, 5.41) is 8.42. The summed E-state index contributed by atoms with van der Waals surface area (Å²) in [5.41, 5.74) is 2.07. The molecule has 0 bridgehead atoms. The lowest BCUT2D eigenvalue weighted by atomic mass is 10.0. The number of rotatable bonds is 11. The molecule has 1 amide bonds. The van der Waals surface area contributed by atoms with E-state index in [9.17, 15) is 9.59 Å². The number of carbonyl (C=O) groups is 2. The van der Waals surface area contributed by atoms with Crippen LogP contribution in [-0.2, 0) is 14.3 Å². The molecule has 0 spiro atoms. The highest BCUT2D eigenvalue weighted by Crippen LogP contribution is 2.36. The summed E-state index contributed by atoms with van der Waals surface area (Å²) in [4.78, 5) is 25.1. The zero-order chi connectivity index (χ0) is 20.4. The third-order valence-electron chi connectivity index (χ3n) is 4.11. The molecule has 0 saturated carbocycles. The Morgan fingerprint density at radius 2 is 1.89 bits per heavy atom. The fourth-order valence-electron chi connectivity index (χ4n) is 2.64. The van der Waals surface area contributed by atoms with Crippen molar-refractivity contribution >= 4 is 28.2 Å². The van der Waals surface area contributed by atoms with E-state index in [4.69, 9.17) is 9.47 Å². The van der Waals surface area contributed by atoms with Crippen LogP contribution in [0.3, 0.4) is 0 Å². The summed E-state index contributed by atoms with van der Waals surface area (Å²) in [6.07, 6.45) is 0.830. The Morgan fingerprint density at radius 3 is 2.57 bits per heavy atom. The molecule has 7 heteroatoms. The monoisotopic (exact) mass is 404 g/mol. The lowest BCUT2D eigenvalue weighted by Gasteiger charge is -2.14. The first-order valence-electron chi connectivity index (χ1n) is 9.54. The van der Waals surface area contributed by atoms with Crippen molar-refractivity contribution in [2.75, 3.05) is 31.7 Å². The fraction of sp³-hybridized carbons (Fsp3) is 0.429. The van der Waals surface area contributed by atoms with Gasteiger partial charge in [-0.05, 0) is 39.3 Å². The first-order valence-corrected chi connectivity index (χ1v) is 10.4. The molecular weight excluding hydrogens is 376 g/mol. The Bertz CT molecular complexity index is 761. The number of esters is 1. The second-order valence-electron chi connectivity index (χ2n) is 6.16. The van der Waals surface area contributed by atoms with E-state index in [-0.39, 0.29) is 18.6 Å². The number of nitrogens with one attached hydrogen (secondary N) is 2.